The van der Waals surface area contributed by atoms with E-state index in [2.05, 4.69) is 9.98 Å². The van der Waals surface area contributed by atoms with Crippen LogP contribution in [0.2, 0.25) is 0 Å². The molecule has 1 aliphatic rings. The molecule has 1 atom stereocenters. The lowest BCUT2D eigenvalue weighted by Gasteiger charge is -2.19. The van der Waals surface area contributed by atoms with Crippen LogP contribution in [-0.2, 0) is 21.2 Å². The molecule has 0 spiro atoms. The van der Waals surface area contributed by atoms with Crippen molar-refractivity contribution in [2.75, 3.05) is 17.9 Å². The minimum atomic E-state index is -3.70. The monoisotopic (exact) mass is 435 g/mol. The van der Waals surface area contributed by atoms with E-state index in [-0.39, 0.29) is 15.9 Å². The number of aromatic amines is 1. The van der Waals surface area contributed by atoms with E-state index in [1.165, 1.54) is 23.1 Å². The SMILES string of the molecule is CN(c1cccc2c(C3CN=CS3)c(CC(=O)O)[nH]c12)S(=O)(=O)c1cccs1. The highest BCUT2D eigenvalue weighted by Gasteiger charge is 2.28. The number of aliphatic imine (C=N–C) groups is 1. The van der Waals surface area contributed by atoms with Crippen molar-refractivity contribution in [2.45, 2.75) is 15.9 Å². The predicted octanol–water partition coefficient (Wildman–Crippen LogP) is 3.50. The fourth-order valence-corrected chi connectivity index (χ4v) is 6.59. The number of thiophene rings is 1. The second-order valence-electron chi connectivity index (χ2n) is 6.29. The van der Waals surface area contributed by atoms with Crippen molar-refractivity contribution in [2.24, 2.45) is 4.99 Å². The maximum atomic E-state index is 13.0. The zero-order valence-electron chi connectivity index (χ0n) is 14.8. The van der Waals surface area contributed by atoms with E-state index in [9.17, 15) is 18.3 Å². The Morgan fingerprint density at radius 2 is 2.18 bits per heavy atom. The van der Waals surface area contributed by atoms with Gasteiger partial charge in [-0.1, -0.05) is 18.2 Å². The molecule has 1 aliphatic heterocycles. The smallest absolute Gasteiger partial charge is 0.309 e. The highest BCUT2D eigenvalue weighted by atomic mass is 32.2. The number of hydrogen-bond acceptors (Lipinski definition) is 6. The first kappa shape index (κ1) is 19.0. The molecule has 0 saturated carbocycles. The van der Waals surface area contributed by atoms with Crippen LogP contribution in [0.3, 0.4) is 0 Å². The molecule has 0 aliphatic carbocycles. The van der Waals surface area contributed by atoms with Crippen LogP contribution in [0.15, 0.2) is 44.9 Å². The first-order valence-corrected chi connectivity index (χ1v) is 11.7. The summed E-state index contributed by atoms with van der Waals surface area (Å²) in [6.07, 6.45) is -0.165. The third-order valence-electron chi connectivity index (χ3n) is 4.60. The van der Waals surface area contributed by atoms with Crippen LogP contribution in [0.25, 0.3) is 10.9 Å². The minimum Gasteiger partial charge on any atom is -0.481 e. The van der Waals surface area contributed by atoms with E-state index in [1.807, 2.05) is 6.07 Å². The predicted molar refractivity (Wildman–Crippen MR) is 113 cm³/mol. The molecule has 7 nitrogen and oxygen atoms in total. The summed E-state index contributed by atoms with van der Waals surface area (Å²) >= 11 is 2.70. The van der Waals surface area contributed by atoms with E-state index in [4.69, 9.17) is 0 Å². The quantitative estimate of drug-likeness (QED) is 0.617. The molecule has 0 amide bonds. The van der Waals surface area contributed by atoms with Gasteiger partial charge in [-0.3, -0.25) is 14.1 Å². The van der Waals surface area contributed by atoms with Crippen molar-refractivity contribution in [3.8, 4) is 0 Å². The number of aromatic nitrogens is 1. The molecule has 3 heterocycles. The lowest BCUT2D eigenvalue weighted by Crippen LogP contribution is -2.26. The van der Waals surface area contributed by atoms with Crippen LogP contribution in [0.4, 0.5) is 5.69 Å². The first-order chi connectivity index (χ1) is 13.4. The van der Waals surface area contributed by atoms with Crippen molar-refractivity contribution >= 4 is 61.2 Å². The summed E-state index contributed by atoms with van der Waals surface area (Å²) in [5, 5.41) is 11.9. The number of hydrogen-bond donors (Lipinski definition) is 2. The molecule has 1 aromatic carbocycles. The van der Waals surface area contributed by atoms with Gasteiger partial charge in [-0.15, -0.1) is 23.1 Å². The zero-order valence-corrected chi connectivity index (χ0v) is 17.3. The molecule has 2 aromatic heterocycles. The summed E-state index contributed by atoms with van der Waals surface area (Å²) in [6, 6.07) is 8.66. The van der Waals surface area contributed by atoms with Gasteiger partial charge in [-0.2, -0.15) is 0 Å². The van der Waals surface area contributed by atoms with Crippen LogP contribution in [-0.4, -0.2) is 43.6 Å². The summed E-state index contributed by atoms with van der Waals surface area (Å²) in [7, 11) is -2.19. The minimum absolute atomic E-state index is 0.0116. The molecular formula is C18H17N3O4S3. The Balaban J connectivity index is 1.88. The van der Waals surface area contributed by atoms with Crippen molar-refractivity contribution in [1.29, 1.82) is 0 Å². The van der Waals surface area contributed by atoms with Gasteiger partial charge in [-0.25, -0.2) is 8.42 Å². The number of H-pyrrole nitrogens is 1. The van der Waals surface area contributed by atoms with E-state index in [1.54, 1.807) is 35.2 Å². The Morgan fingerprint density at radius 1 is 1.36 bits per heavy atom. The number of nitrogens with one attached hydrogen (secondary N) is 1. The number of rotatable bonds is 6. The van der Waals surface area contributed by atoms with Gasteiger partial charge in [0.1, 0.15) is 4.21 Å². The summed E-state index contributed by atoms with van der Waals surface area (Å²) in [6.45, 7) is 0.567. The summed E-state index contributed by atoms with van der Waals surface area (Å²) in [5.74, 6) is -0.946. The standard InChI is InChI=1S/C18H17N3O4S3/c1-21(28(24,25)16-6-3-7-26-16)13-5-2-4-11-17(14-9-19-10-27-14)12(8-15(22)23)20-18(11)13/h2-7,10,14,20H,8-9H2,1H3,(H,22,23). The zero-order chi connectivity index (χ0) is 19.9. The van der Waals surface area contributed by atoms with E-state index < -0.39 is 16.0 Å². The molecule has 1 unspecified atom stereocenters. The van der Waals surface area contributed by atoms with E-state index in [0.29, 0.717) is 23.4 Å². The van der Waals surface area contributed by atoms with Gasteiger partial charge in [-0.05, 0) is 23.1 Å². The number of sulfonamides is 1. The largest absolute Gasteiger partial charge is 0.481 e. The number of carboxylic acids is 1. The number of aliphatic carboxylic acids is 1. The lowest BCUT2D eigenvalue weighted by molar-refractivity contribution is -0.136. The molecule has 2 N–H and O–H groups in total. The number of carboxylic acid groups (broad SMARTS) is 1. The molecule has 146 valence electrons. The fourth-order valence-electron chi connectivity index (χ4n) is 3.33. The van der Waals surface area contributed by atoms with Crippen LogP contribution in [0.5, 0.6) is 0 Å². The van der Waals surface area contributed by atoms with Gasteiger partial charge >= 0.3 is 5.97 Å². The summed E-state index contributed by atoms with van der Waals surface area (Å²) in [5.41, 5.74) is 4.32. The average Bonchev–Trinajstić information content (AvgIpc) is 3.39. The Kier molecular flexibility index (Phi) is 4.94. The van der Waals surface area contributed by atoms with Gasteiger partial charge in [0, 0.05) is 18.1 Å². The van der Waals surface area contributed by atoms with Gasteiger partial charge < -0.3 is 10.1 Å². The van der Waals surface area contributed by atoms with E-state index in [0.717, 1.165) is 22.3 Å². The maximum absolute atomic E-state index is 13.0. The third-order valence-corrected chi connectivity index (χ3v) is 8.73. The molecule has 0 bridgehead atoms. The van der Waals surface area contributed by atoms with Gasteiger partial charge in [0.25, 0.3) is 10.0 Å². The number of fused-ring (bicyclic) bond motifs is 1. The van der Waals surface area contributed by atoms with Gasteiger partial charge in [0.15, 0.2) is 0 Å². The summed E-state index contributed by atoms with van der Waals surface area (Å²) in [4.78, 5) is 18.8. The molecule has 10 heteroatoms. The molecule has 4 rings (SSSR count). The molecular weight excluding hydrogens is 418 g/mol. The normalized spacial score (nSPS) is 16.7. The molecule has 0 saturated heterocycles. The first-order valence-electron chi connectivity index (χ1n) is 8.41. The van der Waals surface area contributed by atoms with Gasteiger partial charge in [0.05, 0.1) is 35.0 Å². The number of para-hydroxylation sites is 1. The topological polar surface area (TPSA) is 103 Å². The number of carbonyl (C=O) groups is 1. The van der Waals surface area contributed by atoms with Crippen molar-refractivity contribution in [3.63, 3.8) is 0 Å². The van der Waals surface area contributed by atoms with Crippen LogP contribution in [0.1, 0.15) is 16.5 Å². The van der Waals surface area contributed by atoms with Gasteiger partial charge in [0.2, 0.25) is 0 Å². The average molecular weight is 436 g/mol. The highest BCUT2D eigenvalue weighted by Crippen LogP contribution is 2.41. The number of thioether (sulfide) groups is 1. The fraction of sp³-hybridized carbons (Fsp3) is 0.222. The van der Waals surface area contributed by atoms with Crippen molar-refractivity contribution in [3.05, 3.63) is 47.0 Å². The number of benzene rings is 1. The number of anilines is 1. The number of nitrogens with zero attached hydrogens (tertiary/aromatic N) is 2. The van der Waals surface area contributed by atoms with Crippen molar-refractivity contribution < 1.29 is 18.3 Å². The Labute approximate surface area is 170 Å². The lowest BCUT2D eigenvalue weighted by atomic mass is 10.0. The maximum Gasteiger partial charge on any atom is 0.309 e. The second kappa shape index (κ2) is 7.26. The Bertz CT molecular complexity index is 1160. The summed E-state index contributed by atoms with van der Waals surface area (Å²) < 4.78 is 27.4. The van der Waals surface area contributed by atoms with Crippen LogP contribution in [0, 0.1) is 0 Å². The van der Waals surface area contributed by atoms with E-state index >= 15 is 0 Å². The Morgan fingerprint density at radius 3 is 2.82 bits per heavy atom. The Hall–Kier alpha value is -2.30. The second-order valence-corrected chi connectivity index (χ2v) is 10.5. The van der Waals surface area contributed by atoms with Crippen LogP contribution < -0.4 is 4.31 Å². The van der Waals surface area contributed by atoms with Crippen LogP contribution >= 0.6 is 23.1 Å². The molecule has 0 radical (unpaired) electrons. The highest BCUT2D eigenvalue weighted by molar-refractivity contribution is 8.12. The molecule has 28 heavy (non-hydrogen) atoms. The van der Waals surface area contributed by atoms with Crippen molar-refractivity contribution in [1.82, 2.24) is 4.98 Å². The third kappa shape index (κ3) is 3.21. The molecule has 0 fully saturated rings. The molecule has 3 aromatic rings.